The van der Waals surface area contributed by atoms with E-state index in [1.165, 1.54) is 0 Å². The Morgan fingerprint density at radius 3 is 2.19 bits per heavy atom. The third kappa shape index (κ3) is 2.31. The molecule has 0 unspecified atom stereocenters. The minimum Gasteiger partial charge on any atom is -0.424 e. The molecule has 2 aromatic rings. The van der Waals surface area contributed by atoms with Crippen LogP contribution in [0.2, 0.25) is 5.02 Å². The van der Waals surface area contributed by atoms with Crippen molar-refractivity contribution in [2.24, 2.45) is 0 Å². The molecule has 0 amide bonds. The molecule has 1 heterocycles. The lowest BCUT2D eigenvalue weighted by Gasteiger charge is -2.07. The van der Waals surface area contributed by atoms with Crippen LogP contribution in [0, 0.1) is 13.8 Å². The van der Waals surface area contributed by atoms with E-state index in [0.717, 1.165) is 16.1 Å². The zero-order chi connectivity index (χ0) is 11.5. The molecule has 0 atom stereocenters. The van der Waals surface area contributed by atoms with Gasteiger partial charge in [-0.15, -0.1) is 0 Å². The Bertz CT molecular complexity index is 477. The van der Waals surface area contributed by atoms with E-state index in [2.05, 4.69) is 9.97 Å². The largest absolute Gasteiger partial charge is 0.424 e. The maximum absolute atomic E-state index is 6.07. The van der Waals surface area contributed by atoms with Crippen LogP contribution in [0.25, 0.3) is 0 Å². The number of rotatable bonds is 2. The zero-order valence-electron chi connectivity index (χ0n) is 9.07. The van der Waals surface area contributed by atoms with Gasteiger partial charge < -0.3 is 4.74 Å². The van der Waals surface area contributed by atoms with Crippen LogP contribution < -0.4 is 4.74 Å². The van der Waals surface area contributed by atoms with E-state index >= 15 is 0 Å². The maximum Gasteiger partial charge on any atom is 0.321 e. The van der Waals surface area contributed by atoms with E-state index in [4.69, 9.17) is 16.3 Å². The van der Waals surface area contributed by atoms with Gasteiger partial charge in [0.1, 0.15) is 5.75 Å². The van der Waals surface area contributed by atoms with Crippen molar-refractivity contribution in [2.45, 2.75) is 13.8 Å². The minimum absolute atomic E-state index is 0.337. The predicted molar refractivity (Wildman–Crippen MR) is 63.0 cm³/mol. The molecule has 4 heteroatoms. The SMILES string of the molecule is Cc1cc(Oc2ncccn2)cc(C)c1Cl. The van der Waals surface area contributed by atoms with Crippen LogP contribution in [0.1, 0.15) is 11.1 Å². The normalized spacial score (nSPS) is 10.2. The highest BCUT2D eigenvalue weighted by Crippen LogP contribution is 2.27. The highest BCUT2D eigenvalue weighted by Gasteiger charge is 2.05. The quantitative estimate of drug-likeness (QED) is 0.797. The summed E-state index contributed by atoms with van der Waals surface area (Å²) >= 11 is 6.07. The molecule has 0 aliphatic rings. The molecule has 2 rings (SSSR count). The van der Waals surface area contributed by atoms with E-state index < -0.39 is 0 Å². The first-order chi connectivity index (χ1) is 7.66. The van der Waals surface area contributed by atoms with Gasteiger partial charge in [-0.3, -0.25) is 0 Å². The second-order valence-electron chi connectivity index (χ2n) is 3.50. The molecule has 0 aliphatic heterocycles. The molecule has 0 saturated carbocycles. The Morgan fingerprint density at radius 2 is 1.62 bits per heavy atom. The summed E-state index contributed by atoms with van der Waals surface area (Å²) in [5.41, 5.74) is 1.96. The fraction of sp³-hybridized carbons (Fsp3) is 0.167. The van der Waals surface area contributed by atoms with Crippen LogP contribution in [0.4, 0.5) is 0 Å². The highest BCUT2D eigenvalue weighted by atomic mass is 35.5. The minimum atomic E-state index is 0.337. The molecule has 0 N–H and O–H groups in total. The van der Waals surface area contributed by atoms with E-state index in [-0.39, 0.29) is 0 Å². The van der Waals surface area contributed by atoms with Gasteiger partial charge >= 0.3 is 6.01 Å². The number of ether oxygens (including phenoxy) is 1. The second kappa shape index (κ2) is 4.49. The van der Waals surface area contributed by atoms with Gasteiger partial charge in [-0.2, -0.15) is 0 Å². The van der Waals surface area contributed by atoms with Gasteiger partial charge in [0, 0.05) is 17.4 Å². The highest BCUT2D eigenvalue weighted by molar-refractivity contribution is 6.32. The standard InChI is InChI=1S/C12H11ClN2O/c1-8-6-10(7-9(2)11(8)13)16-12-14-4-3-5-15-12/h3-7H,1-2H3. The third-order valence-electron chi connectivity index (χ3n) is 2.16. The number of halogens is 1. The van der Waals surface area contributed by atoms with Gasteiger partial charge in [-0.25, -0.2) is 9.97 Å². The van der Waals surface area contributed by atoms with Crippen molar-refractivity contribution in [1.82, 2.24) is 9.97 Å². The predicted octanol–water partition coefficient (Wildman–Crippen LogP) is 3.54. The monoisotopic (exact) mass is 234 g/mol. The fourth-order valence-electron chi connectivity index (χ4n) is 1.41. The molecule has 0 saturated heterocycles. The average Bonchev–Trinajstić information content (AvgIpc) is 2.27. The molecule has 0 aliphatic carbocycles. The summed E-state index contributed by atoms with van der Waals surface area (Å²) in [6.45, 7) is 3.88. The number of hydrogen-bond acceptors (Lipinski definition) is 3. The van der Waals surface area contributed by atoms with Gasteiger partial charge in [-0.05, 0) is 43.2 Å². The van der Waals surface area contributed by atoms with Crippen LogP contribution in [0.5, 0.6) is 11.8 Å². The molecule has 3 nitrogen and oxygen atoms in total. The van der Waals surface area contributed by atoms with Crippen molar-refractivity contribution in [3.63, 3.8) is 0 Å². The Hall–Kier alpha value is -1.61. The molecule has 0 fully saturated rings. The van der Waals surface area contributed by atoms with Crippen molar-refractivity contribution in [2.75, 3.05) is 0 Å². The number of nitrogens with zero attached hydrogens (tertiary/aromatic N) is 2. The van der Waals surface area contributed by atoms with Gasteiger partial charge in [0.05, 0.1) is 0 Å². The molecule has 16 heavy (non-hydrogen) atoms. The van der Waals surface area contributed by atoms with Gasteiger partial charge in [-0.1, -0.05) is 11.6 Å². The number of aromatic nitrogens is 2. The first kappa shape index (κ1) is 10.9. The Balaban J connectivity index is 2.29. The summed E-state index contributed by atoms with van der Waals surface area (Å²) in [5.74, 6) is 0.700. The summed E-state index contributed by atoms with van der Waals surface area (Å²) in [7, 11) is 0. The van der Waals surface area contributed by atoms with Crippen molar-refractivity contribution in [1.29, 1.82) is 0 Å². The van der Waals surface area contributed by atoms with Crippen molar-refractivity contribution in [3.05, 3.63) is 46.7 Å². The van der Waals surface area contributed by atoms with E-state index in [9.17, 15) is 0 Å². The van der Waals surface area contributed by atoms with E-state index in [1.807, 2.05) is 26.0 Å². The number of aryl methyl sites for hydroxylation is 2. The van der Waals surface area contributed by atoms with Gasteiger partial charge in [0.2, 0.25) is 0 Å². The maximum atomic E-state index is 6.07. The Morgan fingerprint density at radius 1 is 1.06 bits per heavy atom. The zero-order valence-corrected chi connectivity index (χ0v) is 9.82. The van der Waals surface area contributed by atoms with E-state index in [0.29, 0.717) is 11.8 Å². The van der Waals surface area contributed by atoms with Crippen molar-refractivity contribution in [3.8, 4) is 11.8 Å². The Kier molecular flexibility index (Phi) is 3.06. The first-order valence-electron chi connectivity index (χ1n) is 4.88. The second-order valence-corrected chi connectivity index (χ2v) is 3.88. The van der Waals surface area contributed by atoms with Gasteiger partial charge in [0.15, 0.2) is 0 Å². The third-order valence-corrected chi connectivity index (χ3v) is 2.76. The van der Waals surface area contributed by atoms with Crippen molar-refractivity contribution < 1.29 is 4.74 Å². The molecular formula is C12H11ClN2O. The van der Waals surface area contributed by atoms with E-state index in [1.54, 1.807) is 18.5 Å². The molecule has 0 bridgehead atoms. The lowest BCUT2D eigenvalue weighted by Crippen LogP contribution is -1.92. The first-order valence-corrected chi connectivity index (χ1v) is 5.26. The number of hydrogen-bond donors (Lipinski definition) is 0. The van der Waals surface area contributed by atoms with Gasteiger partial charge in [0.25, 0.3) is 0 Å². The van der Waals surface area contributed by atoms with Crippen LogP contribution >= 0.6 is 11.6 Å². The lowest BCUT2D eigenvalue weighted by atomic mass is 10.1. The van der Waals surface area contributed by atoms with Crippen LogP contribution in [0.15, 0.2) is 30.6 Å². The summed E-state index contributed by atoms with van der Waals surface area (Å²) < 4.78 is 5.51. The molecule has 82 valence electrons. The summed E-state index contributed by atoms with van der Waals surface area (Å²) in [6.07, 6.45) is 3.27. The summed E-state index contributed by atoms with van der Waals surface area (Å²) in [6, 6.07) is 5.81. The number of benzene rings is 1. The fourth-order valence-corrected chi connectivity index (χ4v) is 1.52. The topological polar surface area (TPSA) is 35.0 Å². The Labute approximate surface area is 99.1 Å². The molecule has 1 aromatic heterocycles. The molecule has 0 radical (unpaired) electrons. The molecule has 0 spiro atoms. The summed E-state index contributed by atoms with van der Waals surface area (Å²) in [5, 5.41) is 0.765. The average molecular weight is 235 g/mol. The molecule has 1 aromatic carbocycles. The molecular weight excluding hydrogens is 224 g/mol. The van der Waals surface area contributed by atoms with Crippen LogP contribution in [0.3, 0.4) is 0 Å². The van der Waals surface area contributed by atoms with Crippen LogP contribution in [-0.4, -0.2) is 9.97 Å². The summed E-state index contributed by atoms with van der Waals surface area (Å²) in [4.78, 5) is 7.98. The van der Waals surface area contributed by atoms with Crippen LogP contribution in [-0.2, 0) is 0 Å². The smallest absolute Gasteiger partial charge is 0.321 e. The lowest BCUT2D eigenvalue weighted by molar-refractivity contribution is 0.441. The van der Waals surface area contributed by atoms with Crippen molar-refractivity contribution >= 4 is 11.6 Å².